The Labute approximate surface area is 141 Å². The third-order valence-corrected chi connectivity index (χ3v) is 6.19. The topological polar surface area (TPSA) is 95.9 Å². The molecule has 0 spiro atoms. The van der Waals surface area contributed by atoms with E-state index in [4.69, 9.17) is 9.84 Å². The summed E-state index contributed by atoms with van der Waals surface area (Å²) in [7, 11) is -3.56. The first-order valence-corrected chi connectivity index (χ1v) is 9.61. The van der Waals surface area contributed by atoms with Crippen molar-refractivity contribution in [1.82, 2.24) is 9.62 Å². The molecule has 0 radical (unpaired) electrons. The fourth-order valence-electron chi connectivity index (χ4n) is 3.27. The average Bonchev–Trinajstić information content (AvgIpc) is 2.95. The third-order valence-electron chi connectivity index (χ3n) is 4.67. The van der Waals surface area contributed by atoms with Crippen LogP contribution in [0.4, 0.5) is 0 Å². The normalized spacial score (nSPS) is 22.8. The van der Waals surface area contributed by atoms with Crippen molar-refractivity contribution in [1.29, 1.82) is 0 Å². The third kappa shape index (κ3) is 3.55. The first-order chi connectivity index (χ1) is 11.4. The molecule has 1 heterocycles. The highest BCUT2D eigenvalue weighted by molar-refractivity contribution is 7.89. The highest BCUT2D eigenvalue weighted by Crippen LogP contribution is 2.30. The number of rotatable bonds is 7. The van der Waals surface area contributed by atoms with Gasteiger partial charge >= 0.3 is 5.97 Å². The molecule has 0 atom stereocenters. The van der Waals surface area contributed by atoms with Gasteiger partial charge in [-0.25, -0.2) is 13.1 Å². The minimum atomic E-state index is -3.56. The Morgan fingerprint density at radius 3 is 2.83 bits per heavy atom. The molecule has 0 bridgehead atoms. The number of nitrogens with one attached hydrogen (secondary N) is 1. The molecule has 132 valence electrons. The maximum Gasteiger partial charge on any atom is 0.317 e. The second-order valence-corrected chi connectivity index (χ2v) is 7.98. The van der Waals surface area contributed by atoms with Crippen LogP contribution < -0.4 is 9.46 Å². The molecule has 2 aliphatic rings. The fraction of sp³-hybridized carbons (Fsp3) is 0.562. The molecule has 0 amide bonds. The monoisotopic (exact) mass is 354 g/mol. The second kappa shape index (κ2) is 6.70. The van der Waals surface area contributed by atoms with Crippen molar-refractivity contribution in [3.63, 3.8) is 0 Å². The molecule has 8 heteroatoms. The van der Waals surface area contributed by atoms with Crippen LogP contribution in [0.25, 0.3) is 0 Å². The fourth-order valence-corrected chi connectivity index (χ4v) is 4.58. The van der Waals surface area contributed by atoms with E-state index in [0.29, 0.717) is 26.0 Å². The molecule has 1 aliphatic heterocycles. The van der Waals surface area contributed by atoms with Crippen LogP contribution in [-0.4, -0.2) is 56.2 Å². The maximum atomic E-state index is 12.5. The Morgan fingerprint density at radius 2 is 2.17 bits per heavy atom. The van der Waals surface area contributed by atoms with Crippen molar-refractivity contribution in [3.8, 4) is 5.75 Å². The Bertz CT molecular complexity index is 728. The Kier molecular flexibility index (Phi) is 4.80. The van der Waals surface area contributed by atoms with Gasteiger partial charge in [0.1, 0.15) is 5.75 Å². The smallest absolute Gasteiger partial charge is 0.317 e. The van der Waals surface area contributed by atoms with Crippen LogP contribution in [0.5, 0.6) is 5.75 Å². The van der Waals surface area contributed by atoms with Crippen LogP contribution in [0.15, 0.2) is 23.1 Å². The Hall–Kier alpha value is -1.64. The van der Waals surface area contributed by atoms with Gasteiger partial charge in [-0.3, -0.25) is 9.69 Å². The summed E-state index contributed by atoms with van der Waals surface area (Å²) in [6, 6.07) is 4.90. The molecule has 0 unspecified atom stereocenters. The van der Waals surface area contributed by atoms with Gasteiger partial charge < -0.3 is 9.84 Å². The standard InChI is InChI=1S/C16H22N2O5S/c1-2-18(10-16(19)20)13-8-12(9-13)17-24(21,22)14-3-4-15-11(7-14)5-6-23-15/h3-4,7,12-13,17H,2,5-6,8-10H2,1H3,(H,19,20). The number of benzene rings is 1. The number of hydrogen-bond donors (Lipinski definition) is 2. The van der Waals surface area contributed by atoms with Gasteiger partial charge in [-0.05, 0) is 43.1 Å². The van der Waals surface area contributed by atoms with Crippen molar-refractivity contribution in [2.75, 3.05) is 19.7 Å². The summed E-state index contributed by atoms with van der Waals surface area (Å²) in [6.45, 7) is 3.13. The molecule has 1 aromatic carbocycles. The maximum absolute atomic E-state index is 12.5. The number of carboxylic acids is 1. The molecular formula is C16H22N2O5S. The van der Waals surface area contributed by atoms with Crippen LogP contribution in [0.2, 0.25) is 0 Å². The summed E-state index contributed by atoms with van der Waals surface area (Å²) in [6.07, 6.45) is 1.99. The van der Waals surface area contributed by atoms with E-state index in [1.807, 2.05) is 11.8 Å². The van der Waals surface area contributed by atoms with E-state index < -0.39 is 16.0 Å². The minimum absolute atomic E-state index is 0.00847. The van der Waals surface area contributed by atoms with Crippen LogP contribution in [0, 0.1) is 0 Å². The Morgan fingerprint density at radius 1 is 1.42 bits per heavy atom. The molecule has 1 saturated carbocycles. The van der Waals surface area contributed by atoms with E-state index in [-0.39, 0.29) is 23.5 Å². The van der Waals surface area contributed by atoms with Crippen molar-refractivity contribution in [3.05, 3.63) is 23.8 Å². The number of carbonyl (C=O) groups is 1. The molecule has 24 heavy (non-hydrogen) atoms. The summed E-state index contributed by atoms with van der Waals surface area (Å²) < 4.78 is 33.1. The lowest BCUT2D eigenvalue weighted by atomic mass is 9.86. The van der Waals surface area contributed by atoms with Crippen molar-refractivity contribution < 1.29 is 23.1 Å². The number of hydrogen-bond acceptors (Lipinski definition) is 5. The first kappa shape index (κ1) is 17.2. The zero-order valence-corrected chi connectivity index (χ0v) is 14.4. The summed E-state index contributed by atoms with van der Waals surface area (Å²) in [4.78, 5) is 13.0. The van der Waals surface area contributed by atoms with E-state index in [2.05, 4.69) is 4.72 Å². The number of aliphatic carboxylic acids is 1. The van der Waals surface area contributed by atoms with Crippen molar-refractivity contribution in [2.45, 2.75) is 43.2 Å². The van der Waals surface area contributed by atoms with Gasteiger partial charge in [0.15, 0.2) is 0 Å². The second-order valence-electron chi connectivity index (χ2n) is 6.27. The lowest BCUT2D eigenvalue weighted by Gasteiger charge is -2.42. The first-order valence-electron chi connectivity index (χ1n) is 8.13. The van der Waals surface area contributed by atoms with Gasteiger partial charge in [0.25, 0.3) is 0 Å². The number of nitrogens with zero attached hydrogens (tertiary/aromatic N) is 1. The van der Waals surface area contributed by atoms with E-state index in [0.717, 1.165) is 17.7 Å². The average molecular weight is 354 g/mol. The van der Waals surface area contributed by atoms with Crippen LogP contribution in [-0.2, 0) is 21.2 Å². The van der Waals surface area contributed by atoms with Crippen LogP contribution in [0.1, 0.15) is 25.3 Å². The molecule has 1 aliphatic carbocycles. The molecule has 1 fully saturated rings. The van der Waals surface area contributed by atoms with E-state index in [1.54, 1.807) is 18.2 Å². The quantitative estimate of drug-likeness (QED) is 0.753. The zero-order chi connectivity index (χ0) is 17.3. The molecule has 2 N–H and O–H groups in total. The summed E-state index contributed by atoms with van der Waals surface area (Å²) in [5.41, 5.74) is 0.919. The van der Waals surface area contributed by atoms with Gasteiger partial charge in [-0.2, -0.15) is 0 Å². The predicted octanol–water partition coefficient (Wildman–Crippen LogP) is 0.837. The molecule has 7 nitrogen and oxygen atoms in total. The summed E-state index contributed by atoms with van der Waals surface area (Å²) in [5, 5.41) is 8.90. The zero-order valence-electron chi connectivity index (χ0n) is 13.6. The minimum Gasteiger partial charge on any atom is -0.493 e. The lowest BCUT2D eigenvalue weighted by Crippen LogP contribution is -2.54. The molecular weight excluding hydrogens is 332 g/mol. The molecule has 3 rings (SSSR count). The SMILES string of the molecule is CCN(CC(=O)O)C1CC(NS(=O)(=O)c2ccc3c(c2)CCO3)C1. The highest BCUT2D eigenvalue weighted by atomic mass is 32.2. The largest absolute Gasteiger partial charge is 0.493 e. The van der Waals surface area contributed by atoms with Crippen LogP contribution in [0.3, 0.4) is 0 Å². The van der Waals surface area contributed by atoms with Gasteiger partial charge in [0.05, 0.1) is 18.0 Å². The number of ether oxygens (including phenoxy) is 1. The van der Waals surface area contributed by atoms with Gasteiger partial charge in [-0.1, -0.05) is 6.92 Å². The van der Waals surface area contributed by atoms with Gasteiger partial charge in [-0.15, -0.1) is 0 Å². The summed E-state index contributed by atoms with van der Waals surface area (Å²) in [5.74, 6) is -0.105. The lowest BCUT2D eigenvalue weighted by molar-refractivity contribution is -0.139. The van der Waals surface area contributed by atoms with Crippen LogP contribution >= 0.6 is 0 Å². The number of fused-ring (bicyclic) bond motifs is 1. The van der Waals surface area contributed by atoms with Gasteiger partial charge in [0, 0.05) is 18.5 Å². The predicted molar refractivity (Wildman–Crippen MR) is 87.7 cm³/mol. The number of carboxylic acid groups (broad SMARTS) is 1. The number of likely N-dealkylation sites (N-methyl/N-ethyl adjacent to an activating group) is 1. The van der Waals surface area contributed by atoms with Gasteiger partial charge in [0.2, 0.25) is 10.0 Å². The van der Waals surface area contributed by atoms with Crippen molar-refractivity contribution in [2.24, 2.45) is 0 Å². The van der Waals surface area contributed by atoms with E-state index >= 15 is 0 Å². The molecule has 0 saturated heterocycles. The highest BCUT2D eigenvalue weighted by Gasteiger charge is 2.36. The van der Waals surface area contributed by atoms with E-state index in [1.165, 1.54) is 0 Å². The van der Waals surface area contributed by atoms with E-state index in [9.17, 15) is 13.2 Å². The summed E-state index contributed by atoms with van der Waals surface area (Å²) >= 11 is 0. The molecule has 0 aromatic heterocycles. The Balaban J connectivity index is 1.60. The number of sulfonamides is 1. The molecule has 1 aromatic rings. The van der Waals surface area contributed by atoms with Crippen molar-refractivity contribution >= 4 is 16.0 Å².